The highest BCUT2D eigenvalue weighted by molar-refractivity contribution is 7.91. The van der Waals surface area contributed by atoms with Gasteiger partial charge in [0.15, 0.2) is 5.13 Å². The quantitative estimate of drug-likeness (QED) is 0.299. The molecular weight excluding hydrogens is 515 g/mol. The molecular formula is C26H27N3O4S3. The Balaban J connectivity index is 1.47. The molecule has 1 atom stereocenters. The highest BCUT2D eigenvalue weighted by Crippen LogP contribution is 2.36. The zero-order valence-corrected chi connectivity index (χ0v) is 22.3. The molecule has 188 valence electrons. The molecule has 2 aromatic heterocycles. The monoisotopic (exact) mass is 541 g/mol. The van der Waals surface area contributed by atoms with Crippen LogP contribution in [0.4, 0.5) is 5.13 Å². The number of para-hydroxylation sites is 1. The van der Waals surface area contributed by atoms with Crippen molar-refractivity contribution in [2.24, 2.45) is 5.92 Å². The van der Waals surface area contributed by atoms with Gasteiger partial charge in [-0.3, -0.25) is 9.69 Å². The lowest BCUT2D eigenvalue weighted by Gasteiger charge is -2.33. The molecule has 0 spiro atoms. The maximum atomic E-state index is 14.0. The third-order valence-electron chi connectivity index (χ3n) is 6.17. The predicted octanol–water partition coefficient (Wildman–Crippen LogP) is 5.39. The SMILES string of the molecule is CCOc1cccc2sc(N(Cc3ccccc3)C(=O)C3CCCN(S(=O)(=O)c4cccs4)C3)nc12. The van der Waals surface area contributed by atoms with Crippen LogP contribution < -0.4 is 9.64 Å². The average Bonchev–Trinajstić information content (AvgIpc) is 3.59. The zero-order chi connectivity index (χ0) is 25.1. The van der Waals surface area contributed by atoms with Crippen LogP contribution in [0.3, 0.4) is 0 Å². The largest absolute Gasteiger partial charge is 0.492 e. The molecule has 1 aliphatic heterocycles. The number of hydrogen-bond donors (Lipinski definition) is 0. The summed E-state index contributed by atoms with van der Waals surface area (Å²) in [6.07, 6.45) is 1.27. The molecule has 1 fully saturated rings. The number of ether oxygens (including phenoxy) is 1. The number of piperidine rings is 1. The van der Waals surface area contributed by atoms with Crippen LogP contribution in [0.5, 0.6) is 5.75 Å². The lowest BCUT2D eigenvalue weighted by Crippen LogP contribution is -2.46. The first-order valence-electron chi connectivity index (χ1n) is 11.9. The van der Waals surface area contributed by atoms with E-state index in [1.807, 2.05) is 55.5 Å². The van der Waals surface area contributed by atoms with Gasteiger partial charge in [0.25, 0.3) is 10.0 Å². The van der Waals surface area contributed by atoms with Gasteiger partial charge in [0.1, 0.15) is 15.5 Å². The number of carbonyl (C=O) groups excluding carboxylic acids is 1. The maximum Gasteiger partial charge on any atom is 0.252 e. The van der Waals surface area contributed by atoms with E-state index in [4.69, 9.17) is 9.72 Å². The predicted molar refractivity (Wildman–Crippen MR) is 144 cm³/mol. The number of anilines is 1. The minimum atomic E-state index is -3.62. The van der Waals surface area contributed by atoms with Crippen LogP contribution in [0.1, 0.15) is 25.3 Å². The van der Waals surface area contributed by atoms with Crippen LogP contribution >= 0.6 is 22.7 Å². The van der Waals surface area contributed by atoms with E-state index in [0.29, 0.717) is 47.6 Å². The van der Waals surface area contributed by atoms with E-state index in [9.17, 15) is 13.2 Å². The first kappa shape index (κ1) is 24.9. The number of fused-ring (bicyclic) bond motifs is 1. The van der Waals surface area contributed by atoms with Crippen molar-refractivity contribution in [3.8, 4) is 5.75 Å². The lowest BCUT2D eigenvalue weighted by molar-refractivity contribution is -0.123. The molecule has 0 radical (unpaired) electrons. The van der Waals surface area contributed by atoms with Crippen molar-refractivity contribution < 1.29 is 17.9 Å². The van der Waals surface area contributed by atoms with Crippen molar-refractivity contribution in [1.29, 1.82) is 0 Å². The van der Waals surface area contributed by atoms with E-state index in [0.717, 1.165) is 15.8 Å². The fraction of sp³-hybridized carbons (Fsp3) is 0.308. The van der Waals surface area contributed by atoms with Crippen molar-refractivity contribution in [1.82, 2.24) is 9.29 Å². The molecule has 36 heavy (non-hydrogen) atoms. The Kier molecular flexibility index (Phi) is 7.38. The number of aromatic nitrogens is 1. The number of thiophene rings is 1. The van der Waals surface area contributed by atoms with Crippen molar-refractivity contribution >= 4 is 54.0 Å². The number of sulfonamides is 1. The molecule has 4 aromatic rings. The van der Waals surface area contributed by atoms with E-state index in [2.05, 4.69) is 0 Å². The van der Waals surface area contributed by atoms with E-state index in [1.165, 1.54) is 27.0 Å². The third-order valence-corrected chi connectivity index (χ3v) is 10.5. The minimum absolute atomic E-state index is 0.109. The van der Waals surface area contributed by atoms with Gasteiger partial charge in [0.2, 0.25) is 5.91 Å². The van der Waals surface area contributed by atoms with Gasteiger partial charge in [-0.05, 0) is 48.9 Å². The molecule has 0 N–H and O–H groups in total. The second kappa shape index (κ2) is 10.7. The van der Waals surface area contributed by atoms with Crippen molar-refractivity contribution in [3.05, 3.63) is 71.6 Å². The van der Waals surface area contributed by atoms with Crippen LogP contribution in [0.15, 0.2) is 70.3 Å². The second-order valence-electron chi connectivity index (χ2n) is 8.58. The van der Waals surface area contributed by atoms with Gasteiger partial charge in [-0.15, -0.1) is 11.3 Å². The Bertz CT molecular complexity index is 1440. The van der Waals surface area contributed by atoms with Gasteiger partial charge in [-0.2, -0.15) is 4.31 Å². The number of hydrogen-bond acceptors (Lipinski definition) is 7. The molecule has 1 unspecified atom stereocenters. The van der Waals surface area contributed by atoms with Crippen molar-refractivity contribution in [3.63, 3.8) is 0 Å². The lowest BCUT2D eigenvalue weighted by atomic mass is 9.98. The summed E-state index contributed by atoms with van der Waals surface area (Å²) in [5.74, 6) is 0.132. The molecule has 0 aliphatic carbocycles. The fourth-order valence-electron chi connectivity index (χ4n) is 4.42. The van der Waals surface area contributed by atoms with Gasteiger partial charge in [0, 0.05) is 13.1 Å². The summed E-state index contributed by atoms with van der Waals surface area (Å²) in [5, 5.41) is 2.34. The summed E-state index contributed by atoms with van der Waals surface area (Å²) in [4.78, 5) is 20.5. The zero-order valence-electron chi connectivity index (χ0n) is 19.9. The first-order valence-corrected chi connectivity index (χ1v) is 15.0. The summed E-state index contributed by atoms with van der Waals surface area (Å²) in [6, 6.07) is 18.9. The van der Waals surface area contributed by atoms with Crippen LogP contribution in [-0.2, 0) is 21.4 Å². The van der Waals surface area contributed by atoms with Gasteiger partial charge < -0.3 is 4.74 Å². The number of nitrogens with zero attached hydrogens (tertiary/aromatic N) is 3. The Labute approximate surface area is 219 Å². The van der Waals surface area contributed by atoms with Crippen molar-refractivity contribution in [2.75, 3.05) is 24.6 Å². The highest BCUT2D eigenvalue weighted by atomic mass is 32.2. The Morgan fingerprint density at radius 1 is 1.14 bits per heavy atom. The Hall–Kier alpha value is -2.79. The van der Waals surface area contributed by atoms with Crippen LogP contribution in [0.2, 0.25) is 0 Å². The number of thiazole rings is 1. The molecule has 0 saturated carbocycles. The maximum absolute atomic E-state index is 14.0. The summed E-state index contributed by atoms with van der Waals surface area (Å²) >= 11 is 2.65. The molecule has 10 heteroatoms. The molecule has 7 nitrogen and oxygen atoms in total. The van der Waals surface area contributed by atoms with E-state index in [1.54, 1.807) is 22.4 Å². The number of benzene rings is 2. The third kappa shape index (κ3) is 5.04. The van der Waals surface area contributed by atoms with Gasteiger partial charge in [-0.25, -0.2) is 13.4 Å². The van der Waals surface area contributed by atoms with Gasteiger partial charge in [-0.1, -0.05) is 53.8 Å². The van der Waals surface area contributed by atoms with Crippen LogP contribution in [0.25, 0.3) is 10.2 Å². The van der Waals surface area contributed by atoms with E-state index >= 15 is 0 Å². The molecule has 1 aliphatic rings. The smallest absolute Gasteiger partial charge is 0.252 e. The Morgan fingerprint density at radius 3 is 2.72 bits per heavy atom. The molecule has 1 saturated heterocycles. The molecule has 1 amide bonds. The van der Waals surface area contributed by atoms with Crippen LogP contribution in [0, 0.1) is 5.92 Å². The van der Waals surface area contributed by atoms with Gasteiger partial charge in [0.05, 0.1) is 23.8 Å². The topological polar surface area (TPSA) is 79.8 Å². The number of carbonyl (C=O) groups is 1. The Morgan fingerprint density at radius 2 is 1.97 bits per heavy atom. The van der Waals surface area contributed by atoms with Gasteiger partial charge >= 0.3 is 0 Å². The average molecular weight is 542 g/mol. The highest BCUT2D eigenvalue weighted by Gasteiger charge is 2.36. The molecule has 3 heterocycles. The first-order chi connectivity index (χ1) is 17.5. The minimum Gasteiger partial charge on any atom is -0.492 e. The second-order valence-corrected chi connectivity index (χ2v) is 12.7. The molecule has 5 rings (SSSR count). The summed E-state index contributed by atoms with van der Waals surface area (Å²) in [5.41, 5.74) is 1.71. The van der Waals surface area contributed by atoms with E-state index < -0.39 is 15.9 Å². The number of rotatable bonds is 8. The summed E-state index contributed by atoms with van der Waals surface area (Å²) in [6.45, 7) is 3.39. The standard InChI is InChI=1S/C26H27N3O4S3/c1-2-33-21-12-6-13-22-24(21)27-26(35-22)29(17-19-9-4-3-5-10-19)25(30)20-11-7-15-28(18-20)36(31,32)23-14-8-16-34-23/h3-6,8-10,12-14,16,20H,2,7,11,15,17-18H2,1H3. The van der Waals surface area contributed by atoms with E-state index in [-0.39, 0.29) is 12.5 Å². The number of amides is 1. The normalized spacial score (nSPS) is 16.8. The van der Waals surface area contributed by atoms with Crippen molar-refractivity contribution in [2.45, 2.75) is 30.5 Å². The molecule has 0 bridgehead atoms. The summed E-state index contributed by atoms with van der Waals surface area (Å²) in [7, 11) is -3.62. The molecule has 2 aromatic carbocycles. The summed E-state index contributed by atoms with van der Waals surface area (Å²) < 4.78 is 34.8. The fourth-order valence-corrected chi connectivity index (χ4v) is 8.08. The van der Waals surface area contributed by atoms with Crippen LogP contribution in [-0.4, -0.2) is 43.3 Å².